The van der Waals surface area contributed by atoms with E-state index in [4.69, 9.17) is 0 Å². The third-order valence-corrected chi connectivity index (χ3v) is 3.58. The van der Waals surface area contributed by atoms with Crippen molar-refractivity contribution in [1.29, 1.82) is 0 Å². The van der Waals surface area contributed by atoms with Crippen LogP contribution in [-0.2, 0) is 11.3 Å². The van der Waals surface area contributed by atoms with Crippen molar-refractivity contribution in [2.75, 3.05) is 13.1 Å². The molecule has 1 aromatic carbocycles. The predicted molar refractivity (Wildman–Crippen MR) is 75.5 cm³/mol. The lowest BCUT2D eigenvalue weighted by Gasteiger charge is -2.32. The number of nitrogens with zero attached hydrogens (tertiary/aromatic N) is 1. The summed E-state index contributed by atoms with van der Waals surface area (Å²) in [5, 5.41) is 5.38. The first-order chi connectivity index (χ1) is 9.47. The third kappa shape index (κ3) is 3.47. The number of benzene rings is 1. The van der Waals surface area contributed by atoms with Crippen molar-refractivity contribution in [2.45, 2.75) is 19.5 Å². The number of halogens is 2. The van der Waals surface area contributed by atoms with Crippen LogP contribution in [0.4, 0.5) is 9.18 Å². The van der Waals surface area contributed by atoms with E-state index >= 15 is 0 Å². The highest BCUT2D eigenvalue weighted by Gasteiger charge is 2.28. The zero-order valence-corrected chi connectivity index (χ0v) is 12.5. The minimum atomic E-state index is -0.497. The predicted octanol–water partition coefficient (Wildman–Crippen LogP) is 1.62. The fraction of sp³-hybridized carbons (Fsp3) is 0.385. The highest BCUT2D eigenvalue weighted by molar-refractivity contribution is 9.10. The van der Waals surface area contributed by atoms with E-state index < -0.39 is 6.04 Å². The van der Waals surface area contributed by atoms with Crippen LogP contribution in [0.25, 0.3) is 0 Å². The second kappa shape index (κ2) is 6.21. The number of carbonyl (C=O) groups is 2. The van der Waals surface area contributed by atoms with Gasteiger partial charge < -0.3 is 15.5 Å². The fourth-order valence-electron chi connectivity index (χ4n) is 2.05. The van der Waals surface area contributed by atoms with E-state index in [2.05, 4.69) is 26.6 Å². The average molecular weight is 344 g/mol. The van der Waals surface area contributed by atoms with Crippen LogP contribution < -0.4 is 10.6 Å². The van der Waals surface area contributed by atoms with Crippen LogP contribution in [0.2, 0.25) is 0 Å². The second-order valence-corrected chi connectivity index (χ2v) is 5.51. The van der Waals surface area contributed by atoms with Crippen molar-refractivity contribution in [3.8, 4) is 0 Å². The van der Waals surface area contributed by atoms with Crippen LogP contribution in [0.5, 0.6) is 0 Å². The summed E-state index contributed by atoms with van der Waals surface area (Å²) in [7, 11) is 0. The molecule has 5 nitrogen and oxygen atoms in total. The molecule has 1 atom stereocenters. The van der Waals surface area contributed by atoms with Crippen LogP contribution in [0.3, 0.4) is 0 Å². The Morgan fingerprint density at radius 2 is 2.30 bits per heavy atom. The zero-order valence-electron chi connectivity index (χ0n) is 11.0. The van der Waals surface area contributed by atoms with E-state index in [-0.39, 0.29) is 24.3 Å². The lowest BCUT2D eigenvalue weighted by Crippen LogP contribution is -2.58. The first-order valence-corrected chi connectivity index (χ1v) is 7.04. The summed E-state index contributed by atoms with van der Waals surface area (Å²) in [6.07, 6.45) is 0. The van der Waals surface area contributed by atoms with Crippen molar-refractivity contribution in [2.24, 2.45) is 0 Å². The molecule has 1 heterocycles. The third-order valence-electron chi connectivity index (χ3n) is 3.13. The highest BCUT2D eigenvalue weighted by atomic mass is 79.9. The van der Waals surface area contributed by atoms with Gasteiger partial charge in [0, 0.05) is 24.1 Å². The van der Waals surface area contributed by atoms with Crippen LogP contribution in [0, 0.1) is 5.82 Å². The monoisotopic (exact) mass is 343 g/mol. The molecule has 0 unspecified atom stereocenters. The normalized spacial score (nSPS) is 18.6. The Bertz CT molecular complexity index is 518. The number of hydrogen-bond acceptors (Lipinski definition) is 2. The first-order valence-electron chi connectivity index (χ1n) is 6.24. The Morgan fingerprint density at radius 1 is 1.55 bits per heavy atom. The van der Waals surface area contributed by atoms with Crippen molar-refractivity contribution in [3.05, 3.63) is 34.1 Å². The van der Waals surface area contributed by atoms with Crippen LogP contribution in [0.15, 0.2) is 22.7 Å². The maximum Gasteiger partial charge on any atom is 0.318 e. The van der Waals surface area contributed by atoms with E-state index in [1.165, 1.54) is 17.0 Å². The van der Waals surface area contributed by atoms with Crippen LogP contribution in [-0.4, -0.2) is 36.0 Å². The fourth-order valence-corrected chi connectivity index (χ4v) is 2.56. The summed E-state index contributed by atoms with van der Waals surface area (Å²) in [4.78, 5) is 25.0. The SMILES string of the molecule is C[C@H]1C(=O)NCCN1C(=O)NCc1cc(F)cc(Br)c1. The Labute approximate surface area is 124 Å². The standard InChI is InChI=1S/C13H15BrFN3O2/c1-8-12(19)16-2-3-18(8)13(20)17-7-9-4-10(14)6-11(15)5-9/h4-6,8H,2-3,7H2,1H3,(H,16,19)(H,17,20)/t8-/m0/s1. The van der Waals surface area contributed by atoms with Crippen molar-refractivity contribution in [3.63, 3.8) is 0 Å². The molecule has 7 heteroatoms. The number of hydrogen-bond donors (Lipinski definition) is 2. The van der Waals surface area contributed by atoms with E-state index in [1.807, 2.05) is 0 Å². The number of amides is 3. The zero-order chi connectivity index (χ0) is 14.7. The van der Waals surface area contributed by atoms with Crippen molar-refractivity contribution in [1.82, 2.24) is 15.5 Å². The average Bonchev–Trinajstić information content (AvgIpc) is 2.38. The molecule has 1 aromatic rings. The first kappa shape index (κ1) is 14.8. The molecule has 1 saturated heterocycles. The van der Waals surface area contributed by atoms with Gasteiger partial charge in [0.25, 0.3) is 0 Å². The van der Waals surface area contributed by atoms with Crippen LogP contribution >= 0.6 is 15.9 Å². The molecule has 0 bridgehead atoms. The Kier molecular flexibility index (Phi) is 4.59. The molecule has 0 saturated carbocycles. The molecule has 20 heavy (non-hydrogen) atoms. The molecule has 0 spiro atoms. The van der Waals surface area contributed by atoms with Gasteiger partial charge in [-0.3, -0.25) is 4.79 Å². The Hall–Kier alpha value is -1.63. The van der Waals surface area contributed by atoms with Gasteiger partial charge in [-0.1, -0.05) is 15.9 Å². The second-order valence-electron chi connectivity index (χ2n) is 4.60. The van der Waals surface area contributed by atoms with Gasteiger partial charge in [0.05, 0.1) is 0 Å². The summed E-state index contributed by atoms with van der Waals surface area (Å²) in [5.74, 6) is -0.533. The molecule has 2 N–H and O–H groups in total. The number of piperazine rings is 1. The molecule has 0 aliphatic carbocycles. The maximum absolute atomic E-state index is 13.2. The van der Waals surface area contributed by atoms with Gasteiger partial charge in [0.15, 0.2) is 0 Å². The number of nitrogens with one attached hydrogen (secondary N) is 2. The van der Waals surface area contributed by atoms with Crippen molar-refractivity contribution < 1.29 is 14.0 Å². The summed E-state index contributed by atoms with van der Waals surface area (Å²) >= 11 is 3.20. The molecule has 2 rings (SSSR count). The summed E-state index contributed by atoms with van der Waals surface area (Å²) in [6, 6.07) is 3.62. The molecule has 1 aliphatic rings. The summed E-state index contributed by atoms with van der Waals surface area (Å²) in [6.45, 7) is 2.79. The van der Waals surface area contributed by atoms with Gasteiger partial charge in [0.1, 0.15) is 11.9 Å². The minimum absolute atomic E-state index is 0.167. The van der Waals surface area contributed by atoms with E-state index in [0.717, 1.165) is 0 Å². The van der Waals surface area contributed by atoms with E-state index in [9.17, 15) is 14.0 Å². The lowest BCUT2D eigenvalue weighted by atomic mass is 10.2. The van der Waals surface area contributed by atoms with Crippen molar-refractivity contribution >= 4 is 27.9 Å². The molecule has 1 aliphatic heterocycles. The minimum Gasteiger partial charge on any atom is -0.353 e. The topological polar surface area (TPSA) is 61.4 Å². The molecule has 1 fully saturated rings. The van der Waals surface area contributed by atoms with Gasteiger partial charge in [-0.25, -0.2) is 9.18 Å². The molecular formula is C13H15BrFN3O2. The largest absolute Gasteiger partial charge is 0.353 e. The summed E-state index contributed by atoms with van der Waals surface area (Å²) < 4.78 is 13.8. The number of carbonyl (C=O) groups excluding carboxylic acids is 2. The molecular weight excluding hydrogens is 329 g/mol. The highest BCUT2D eigenvalue weighted by Crippen LogP contribution is 2.15. The Morgan fingerprint density at radius 3 is 3.00 bits per heavy atom. The maximum atomic E-state index is 13.2. The molecule has 3 amide bonds. The van der Waals surface area contributed by atoms with Gasteiger partial charge in [-0.15, -0.1) is 0 Å². The molecule has 0 aromatic heterocycles. The molecule has 108 valence electrons. The smallest absolute Gasteiger partial charge is 0.318 e. The summed E-state index contributed by atoms with van der Waals surface area (Å²) in [5.41, 5.74) is 0.652. The number of rotatable bonds is 2. The quantitative estimate of drug-likeness (QED) is 0.857. The van der Waals surface area contributed by atoms with Gasteiger partial charge in [-0.05, 0) is 30.7 Å². The van der Waals surface area contributed by atoms with E-state index in [0.29, 0.717) is 23.1 Å². The molecule has 0 radical (unpaired) electrons. The van der Waals surface area contributed by atoms with Gasteiger partial charge in [-0.2, -0.15) is 0 Å². The van der Waals surface area contributed by atoms with Gasteiger partial charge >= 0.3 is 6.03 Å². The Balaban J connectivity index is 1.96. The lowest BCUT2D eigenvalue weighted by molar-refractivity contribution is -0.126. The van der Waals surface area contributed by atoms with Gasteiger partial charge in [0.2, 0.25) is 5.91 Å². The van der Waals surface area contributed by atoms with Crippen LogP contribution in [0.1, 0.15) is 12.5 Å². The van der Waals surface area contributed by atoms with E-state index in [1.54, 1.807) is 13.0 Å². The number of urea groups is 1.